The van der Waals surface area contributed by atoms with Gasteiger partial charge in [-0.15, -0.1) is 0 Å². The Morgan fingerprint density at radius 2 is 1.79 bits per heavy atom. The molecule has 0 aliphatic carbocycles. The van der Waals surface area contributed by atoms with Crippen LogP contribution in [0.25, 0.3) is 0 Å². The Bertz CT molecular complexity index is 427. The van der Waals surface area contributed by atoms with Crippen molar-refractivity contribution in [1.82, 2.24) is 10.6 Å². The maximum absolute atomic E-state index is 11.3. The predicted octanol–water partition coefficient (Wildman–Crippen LogP) is 1.25. The Morgan fingerprint density at radius 1 is 1.16 bits per heavy atom. The smallest absolute Gasteiger partial charge is 0.335 e. The van der Waals surface area contributed by atoms with Crippen molar-refractivity contribution in [2.75, 3.05) is 13.1 Å². The second-order valence-electron chi connectivity index (χ2n) is 4.62. The molecule has 1 rings (SSSR count). The molecule has 1 aromatic carbocycles. The third-order valence-corrected chi connectivity index (χ3v) is 2.66. The number of nitrogens with one attached hydrogen (secondary N) is 2. The minimum atomic E-state index is -0.920. The van der Waals surface area contributed by atoms with Crippen LogP contribution in [0.15, 0.2) is 24.3 Å². The van der Waals surface area contributed by atoms with E-state index in [-0.39, 0.29) is 17.4 Å². The summed E-state index contributed by atoms with van der Waals surface area (Å²) in [5.41, 5.74) is 1.30. The molecule has 0 fully saturated rings. The highest BCUT2D eigenvalue weighted by molar-refractivity contribution is 5.87. The molecule has 0 heterocycles. The van der Waals surface area contributed by atoms with E-state index < -0.39 is 5.97 Å². The van der Waals surface area contributed by atoms with Crippen molar-refractivity contribution in [1.29, 1.82) is 0 Å². The van der Waals surface area contributed by atoms with Crippen LogP contribution in [0.4, 0.5) is 0 Å². The Hall–Kier alpha value is -1.88. The lowest BCUT2D eigenvalue weighted by molar-refractivity contribution is -0.123. The molecule has 0 bridgehead atoms. The number of carboxylic acids is 1. The van der Waals surface area contributed by atoms with Gasteiger partial charge in [-0.05, 0) is 17.7 Å². The van der Waals surface area contributed by atoms with E-state index in [2.05, 4.69) is 10.6 Å². The Morgan fingerprint density at radius 3 is 2.32 bits per heavy atom. The van der Waals surface area contributed by atoms with E-state index in [1.165, 1.54) is 0 Å². The molecule has 0 aliphatic heterocycles. The summed E-state index contributed by atoms with van der Waals surface area (Å²) in [4.78, 5) is 22.0. The van der Waals surface area contributed by atoms with Crippen LogP contribution in [0.3, 0.4) is 0 Å². The quantitative estimate of drug-likeness (QED) is 0.648. The molecule has 0 aromatic heterocycles. The molecule has 0 atom stereocenters. The molecule has 0 aliphatic rings. The van der Waals surface area contributed by atoms with E-state index in [0.717, 1.165) is 5.56 Å². The fraction of sp³-hybridized carbons (Fsp3) is 0.429. The van der Waals surface area contributed by atoms with Crippen molar-refractivity contribution >= 4 is 11.9 Å². The molecule has 1 aromatic rings. The van der Waals surface area contributed by atoms with Gasteiger partial charge in [0, 0.05) is 25.6 Å². The van der Waals surface area contributed by atoms with Gasteiger partial charge in [-0.2, -0.15) is 0 Å². The monoisotopic (exact) mass is 264 g/mol. The molecule has 5 heteroatoms. The molecule has 1 amide bonds. The van der Waals surface area contributed by atoms with Gasteiger partial charge in [0.15, 0.2) is 0 Å². The largest absolute Gasteiger partial charge is 0.478 e. The number of carboxylic acid groups (broad SMARTS) is 1. The van der Waals surface area contributed by atoms with Crippen LogP contribution in [0.5, 0.6) is 0 Å². The molecule has 0 spiro atoms. The lowest BCUT2D eigenvalue weighted by Gasteiger charge is -2.08. The minimum absolute atomic E-state index is 0.00330. The van der Waals surface area contributed by atoms with Gasteiger partial charge in [-0.3, -0.25) is 4.79 Å². The molecule has 19 heavy (non-hydrogen) atoms. The summed E-state index contributed by atoms with van der Waals surface area (Å²) in [5.74, 6) is -0.868. The zero-order chi connectivity index (χ0) is 14.3. The summed E-state index contributed by atoms with van der Waals surface area (Å²) < 4.78 is 0. The van der Waals surface area contributed by atoms with Crippen molar-refractivity contribution in [3.8, 4) is 0 Å². The number of hydrogen-bond acceptors (Lipinski definition) is 3. The van der Waals surface area contributed by atoms with Gasteiger partial charge in [0.1, 0.15) is 0 Å². The molecule has 0 radical (unpaired) electrons. The lowest BCUT2D eigenvalue weighted by Crippen LogP contribution is -2.34. The second kappa shape index (κ2) is 7.53. The third kappa shape index (κ3) is 5.52. The van der Waals surface area contributed by atoms with Gasteiger partial charge in [0.25, 0.3) is 0 Å². The van der Waals surface area contributed by atoms with Crippen molar-refractivity contribution < 1.29 is 14.7 Å². The highest BCUT2D eigenvalue weighted by atomic mass is 16.4. The van der Waals surface area contributed by atoms with E-state index in [0.29, 0.717) is 19.6 Å². The van der Waals surface area contributed by atoms with Crippen LogP contribution >= 0.6 is 0 Å². The molecule has 3 N–H and O–H groups in total. The van der Waals surface area contributed by atoms with Crippen LogP contribution in [0.1, 0.15) is 29.8 Å². The normalized spacial score (nSPS) is 10.5. The molecule has 0 unspecified atom stereocenters. The van der Waals surface area contributed by atoms with E-state index in [1.807, 2.05) is 13.8 Å². The fourth-order valence-electron chi connectivity index (χ4n) is 1.48. The summed E-state index contributed by atoms with van der Waals surface area (Å²) in [7, 11) is 0. The van der Waals surface area contributed by atoms with Crippen molar-refractivity contribution in [3.05, 3.63) is 35.4 Å². The molecule has 5 nitrogen and oxygen atoms in total. The molecular weight excluding hydrogens is 244 g/mol. The SMILES string of the molecule is CC(C)C(=O)NCCNCc1ccc(C(=O)O)cc1. The van der Waals surface area contributed by atoms with E-state index in [1.54, 1.807) is 24.3 Å². The number of rotatable bonds is 7. The first kappa shape index (κ1) is 15.2. The summed E-state index contributed by atoms with van der Waals surface area (Å²) >= 11 is 0. The van der Waals surface area contributed by atoms with Crippen molar-refractivity contribution in [2.24, 2.45) is 5.92 Å². The standard InChI is InChI=1S/C14H20N2O3/c1-10(2)13(17)16-8-7-15-9-11-3-5-12(6-4-11)14(18)19/h3-6,10,15H,7-9H2,1-2H3,(H,16,17)(H,18,19). The summed E-state index contributed by atoms with van der Waals surface area (Å²) in [6.45, 7) is 5.63. The number of amides is 1. The Labute approximate surface area is 113 Å². The number of benzene rings is 1. The first-order chi connectivity index (χ1) is 9.00. The highest BCUT2D eigenvalue weighted by Gasteiger charge is 2.04. The predicted molar refractivity (Wildman–Crippen MR) is 73.0 cm³/mol. The number of aromatic carboxylic acids is 1. The zero-order valence-electron chi connectivity index (χ0n) is 11.3. The zero-order valence-corrected chi connectivity index (χ0v) is 11.3. The van der Waals surface area contributed by atoms with Crippen LogP contribution < -0.4 is 10.6 Å². The summed E-state index contributed by atoms with van der Waals surface area (Å²) in [6.07, 6.45) is 0. The molecule has 104 valence electrons. The van der Waals surface area contributed by atoms with Crippen LogP contribution in [-0.2, 0) is 11.3 Å². The van der Waals surface area contributed by atoms with E-state index in [9.17, 15) is 9.59 Å². The average molecular weight is 264 g/mol. The van der Waals surface area contributed by atoms with Crippen LogP contribution in [0, 0.1) is 5.92 Å². The molecule has 0 saturated carbocycles. The Balaban J connectivity index is 2.22. The van der Waals surface area contributed by atoms with Gasteiger partial charge in [0.05, 0.1) is 5.56 Å². The second-order valence-corrected chi connectivity index (χ2v) is 4.62. The van der Waals surface area contributed by atoms with Crippen LogP contribution in [-0.4, -0.2) is 30.1 Å². The lowest BCUT2D eigenvalue weighted by atomic mass is 10.1. The van der Waals surface area contributed by atoms with Crippen molar-refractivity contribution in [3.63, 3.8) is 0 Å². The van der Waals surface area contributed by atoms with Gasteiger partial charge >= 0.3 is 5.97 Å². The number of hydrogen-bond donors (Lipinski definition) is 3. The first-order valence-corrected chi connectivity index (χ1v) is 6.31. The maximum Gasteiger partial charge on any atom is 0.335 e. The van der Waals surface area contributed by atoms with Crippen LogP contribution in [0.2, 0.25) is 0 Å². The third-order valence-electron chi connectivity index (χ3n) is 2.66. The fourth-order valence-corrected chi connectivity index (χ4v) is 1.48. The average Bonchev–Trinajstić information content (AvgIpc) is 2.38. The first-order valence-electron chi connectivity index (χ1n) is 6.31. The number of carbonyl (C=O) groups excluding carboxylic acids is 1. The van der Waals surface area contributed by atoms with Gasteiger partial charge in [0.2, 0.25) is 5.91 Å². The van der Waals surface area contributed by atoms with E-state index >= 15 is 0 Å². The van der Waals surface area contributed by atoms with Crippen molar-refractivity contribution in [2.45, 2.75) is 20.4 Å². The summed E-state index contributed by atoms with van der Waals surface area (Å²) in [6, 6.07) is 6.73. The van der Waals surface area contributed by atoms with Gasteiger partial charge in [-0.25, -0.2) is 4.79 Å². The Kier molecular flexibility index (Phi) is 6.02. The number of carbonyl (C=O) groups is 2. The van der Waals surface area contributed by atoms with Gasteiger partial charge < -0.3 is 15.7 Å². The maximum atomic E-state index is 11.3. The summed E-state index contributed by atoms with van der Waals surface area (Å²) in [5, 5.41) is 14.8. The topological polar surface area (TPSA) is 78.4 Å². The van der Waals surface area contributed by atoms with E-state index in [4.69, 9.17) is 5.11 Å². The molecular formula is C14H20N2O3. The molecule has 0 saturated heterocycles. The minimum Gasteiger partial charge on any atom is -0.478 e. The highest BCUT2D eigenvalue weighted by Crippen LogP contribution is 2.03. The van der Waals surface area contributed by atoms with Gasteiger partial charge in [-0.1, -0.05) is 26.0 Å².